The zero-order chi connectivity index (χ0) is 9.10. The molecule has 0 amide bonds. The number of halogens is 1. The summed E-state index contributed by atoms with van der Waals surface area (Å²) in [5, 5.41) is 7.05. The van der Waals surface area contributed by atoms with Crippen molar-refractivity contribution >= 4 is 11.3 Å². The summed E-state index contributed by atoms with van der Waals surface area (Å²) >= 11 is 1.14. The minimum atomic E-state index is -0.105. The van der Waals surface area contributed by atoms with Gasteiger partial charge < -0.3 is 24.0 Å². The minimum absolute atomic E-state index is 0. The van der Waals surface area contributed by atoms with Gasteiger partial charge in [-0.15, -0.1) is 0 Å². The van der Waals surface area contributed by atoms with E-state index in [2.05, 4.69) is 10.2 Å². The molecule has 14 heavy (non-hydrogen) atoms. The largest absolute Gasteiger partial charge is 1.00 e. The van der Waals surface area contributed by atoms with E-state index >= 15 is 0 Å². The standard InChI is InChI=1S/C8H7N3OS.HI/c12-8-10-9-7(13-8)6-11-4-2-1-3-5-11;/h1-5H,6H2;1H. The van der Waals surface area contributed by atoms with E-state index in [1.807, 2.05) is 35.2 Å². The predicted molar refractivity (Wildman–Crippen MR) is 48.5 cm³/mol. The monoisotopic (exact) mass is 321 g/mol. The molecule has 4 nitrogen and oxygen atoms in total. The zero-order valence-electron chi connectivity index (χ0n) is 7.18. The number of aromatic nitrogens is 3. The van der Waals surface area contributed by atoms with Crippen molar-refractivity contribution in [2.75, 3.05) is 0 Å². The quantitative estimate of drug-likeness (QED) is 0.479. The van der Waals surface area contributed by atoms with E-state index < -0.39 is 0 Å². The molecule has 0 saturated carbocycles. The van der Waals surface area contributed by atoms with E-state index in [1.54, 1.807) is 0 Å². The maximum Gasteiger partial charge on any atom is 0.322 e. The summed E-state index contributed by atoms with van der Waals surface area (Å²) in [5.74, 6) is 0. The second kappa shape index (κ2) is 5.20. The van der Waals surface area contributed by atoms with Crippen molar-refractivity contribution < 1.29 is 28.5 Å². The first-order valence-corrected chi connectivity index (χ1v) is 4.65. The molecule has 2 aromatic rings. The molecule has 2 aromatic heterocycles. The molecule has 6 heteroatoms. The molecule has 0 aromatic carbocycles. The van der Waals surface area contributed by atoms with Crippen LogP contribution in [-0.2, 0) is 6.54 Å². The number of hydrogen-bond donors (Lipinski definition) is 1. The number of aromatic amines is 1. The molecule has 0 radical (unpaired) electrons. The maximum atomic E-state index is 10.8. The van der Waals surface area contributed by atoms with Crippen LogP contribution in [0.2, 0.25) is 0 Å². The average Bonchev–Trinajstić information content (AvgIpc) is 2.53. The van der Waals surface area contributed by atoms with Gasteiger partial charge in [-0.05, 0) is 0 Å². The fourth-order valence-corrected chi connectivity index (χ4v) is 1.63. The number of hydrogen-bond acceptors (Lipinski definition) is 3. The molecule has 0 unspecified atom stereocenters. The SMILES string of the molecule is O=c1[nH]nc(C[n+]2ccccc2)s1.[I-]. The van der Waals surface area contributed by atoms with Gasteiger partial charge >= 0.3 is 4.87 Å². The van der Waals surface area contributed by atoms with Gasteiger partial charge in [0.2, 0.25) is 6.54 Å². The zero-order valence-corrected chi connectivity index (χ0v) is 10.2. The molecule has 0 atom stereocenters. The lowest BCUT2D eigenvalue weighted by Gasteiger charge is -1.89. The van der Waals surface area contributed by atoms with Crippen molar-refractivity contribution in [3.8, 4) is 0 Å². The van der Waals surface area contributed by atoms with Crippen molar-refractivity contribution in [3.63, 3.8) is 0 Å². The van der Waals surface area contributed by atoms with Crippen molar-refractivity contribution in [2.24, 2.45) is 0 Å². The Morgan fingerprint density at radius 1 is 1.36 bits per heavy atom. The first kappa shape index (κ1) is 11.3. The van der Waals surface area contributed by atoms with Gasteiger partial charge in [-0.1, -0.05) is 17.4 Å². The smallest absolute Gasteiger partial charge is 0.322 e. The Morgan fingerprint density at radius 3 is 2.64 bits per heavy atom. The van der Waals surface area contributed by atoms with Crippen LogP contribution < -0.4 is 33.4 Å². The molecule has 0 bridgehead atoms. The van der Waals surface area contributed by atoms with Crippen LogP contribution in [0, 0.1) is 0 Å². The number of nitrogens with zero attached hydrogens (tertiary/aromatic N) is 2. The molecule has 0 aliphatic rings. The third-order valence-corrected chi connectivity index (χ3v) is 2.31. The first-order chi connectivity index (χ1) is 6.34. The molecular formula is C8H8IN3OS. The molecule has 2 rings (SSSR count). The molecule has 74 valence electrons. The highest BCUT2D eigenvalue weighted by Gasteiger charge is 2.04. The molecule has 1 N–H and O–H groups in total. The maximum absolute atomic E-state index is 10.8. The summed E-state index contributed by atoms with van der Waals surface area (Å²) in [6, 6.07) is 5.83. The van der Waals surface area contributed by atoms with Gasteiger partial charge in [0.15, 0.2) is 17.4 Å². The highest BCUT2D eigenvalue weighted by Crippen LogP contribution is 1.94. The Kier molecular flexibility index (Phi) is 4.21. The Morgan fingerprint density at radius 2 is 2.07 bits per heavy atom. The second-order valence-electron chi connectivity index (χ2n) is 2.55. The number of nitrogens with one attached hydrogen (secondary N) is 1. The van der Waals surface area contributed by atoms with E-state index in [-0.39, 0.29) is 28.8 Å². The minimum Gasteiger partial charge on any atom is -1.00 e. The van der Waals surface area contributed by atoms with Crippen LogP contribution in [-0.4, -0.2) is 10.2 Å². The Bertz CT molecular complexity index is 439. The summed E-state index contributed by atoms with van der Waals surface area (Å²) in [6.45, 7) is 0.643. The highest BCUT2D eigenvalue weighted by atomic mass is 127. The Labute approximate surface area is 102 Å². The van der Waals surface area contributed by atoms with Crippen molar-refractivity contribution in [3.05, 3.63) is 45.3 Å². The van der Waals surface area contributed by atoms with Crippen LogP contribution in [0.4, 0.5) is 0 Å². The third kappa shape index (κ3) is 2.88. The first-order valence-electron chi connectivity index (χ1n) is 3.83. The van der Waals surface area contributed by atoms with Crippen LogP contribution >= 0.6 is 11.3 Å². The van der Waals surface area contributed by atoms with Crippen molar-refractivity contribution in [1.82, 2.24) is 10.2 Å². The van der Waals surface area contributed by atoms with Gasteiger partial charge in [-0.25, -0.2) is 5.10 Å². The van der Waals surface area contributed by atoms with E-state index in [0.717, 1.165) is 16.3 Å². The fraction of sp³-hybridized carbons (Fsp3) is 0.125. The molecule has 0 aliphatic heterocycles. The van der Waals surface area contributed by atoms with Gasteiger partial charge in [-0.2, -0.15) is 9.67 Å². The van der Waals surface area contributed by atoms with Crippen LogP contribution in [0.1, 0.15) is 5.01 Å². The topological polar surface area (TPSA) is 49.6 Å². The van der Waals surface area contributed by atoms with E-state index in [0.29, 0.717) is 6.54 Å². The average molecular weight is 321 g/mol. The Hall–Kier alpha value is -0.760. The lowest BCUT2D eigenvalue weighted by Crippen LogP contribution is -3.00. The van der Waals surface area contributed by atoms with Gasteiger partial charge in [0.25, 0.3) is 0 Å². The van der Waals surface area contributed by atoms with Crippen LogP contribution in [0.3, 0.4) is 0 Å². The number of H-pyrrole nitrogens is 1. The third-order valence-electron chi connectivity index (χ3n) is 1.58. The summed E-state index contributed by atoms with van der Waals surface area (Å²) in [7, 11) is 0. The molecule has 0 aliphatic carbocycles. The van der Waals surface area contributed by atoms with Gasteiger partial charge in [0.1, 0.15) is 0 Å². The summed E-state index contributed by atoms with van der Waals surface area (Å²) in [6.07, 6.45) is 3.87. The number of rotatable bonds is 2. The molecule has 2 heterocycles. The van der Waals surface area contributed by atoms with Crippen LogP contribution in [0.5, 0.6) is 0 Å². The van der Waals surface area contributed by atoms with E-state index in [4.69, 9.17) is 0 Å². The lowest BCUT2D eigenvalue weighted by molar-refractivity contribution is -0.688. The van der Waals surface area contributed by atoms with E-state index in [1.165, 1.54) is 0 Å². The summed E-state index contributed by atoms with van der Waals surface area (Å²) in [5.41, 5.74) is 0. The van der Waals surface area contributed by atoms with Gasteiger partial charge in [0.05, 0.1) is 0 Å². The summed E-state index contributed by atoms with van der Waals surface area (Å²) < 4.78 is 1.96. The van der Waals surface area contributed by atoms with Crippen LogP contribution in [0.15, 0.2) is 35.4 Å². The highest BCUT2D eigenvalue weighted by molar-refractivity contribution is 7.08. The van der Waals surface area contributed by atoms with Crippen LogP contribution in [0.25, 0.3) is 0 Å². The van der Waals surface area contributed by atoms with Crippen molar-refractivity contribution in [1.29, 1.82) is 0 Å². The molecular weight excluding hydrogens is 313 g/mol. The second-order valence-corrected chi connectivity index (χ2v) is 3.60. The van der Waals surface area contributed by atoms with Gasteiger partial charge in [-0.3, -0.25) is 4.79 Å². The Balaban J connectivity index is 0.000000980. The number of pyridine rings is 1. The predicted octanol–water partition coefficient (Wildman–Crippen LogP) is -2.83. The molecule has 0 fully saturated rings. The van der Waals surface area contributed by atoms with E-state index in [9.17, 15) is 4.79 Å². The van der Waals surface area contributed by atoms with Gasteiger partial charge in [0, 0.05) is 12.1 Å². The normalized spacial score (nSPS) is 9.43. The van der Waals surface area contributed by atoms with Crippen molar-refractivity contribution in [2.45, 2.75) is 6.54 Å². The molecule has 0 spiro atoms. The molecule has 0 saturated heterocycles. The lowest BCUT2D eigenvalue weighted by atomic mass is 10.5. The fourth-order valence-electron chi connectivity index (χ4n) is 1.02. The summed E-state index contributed by atoms with van der Waals surface area (Å²) in [4.78, 5) is 10.7.